The van der Waals surface area contributed by atoms with Crippen molar-refractivity contribution in [3.63, 3.8) is 0 Å². The summed E-state index contributed by atoms with van der Waals surface area (Å²) in [4.78, 5) is 17.4. The lowest BCUT2D eigenvalue weighted by Gasteiger charge is -2.30. The fourth-order valence-corrected chi connectivity index (χ4v) is 5.94. The summed E-state index contributed by atoms with van der Waals surface area (Å²) in [7, 11) is 1.87. The van der Waals surface area contributed by atoms with Gasteiger partial charge in [0.1, 0.15) is 5.58 Å². The highest BCUT2D eigenvalue weighted by Crippen LogP contribution is 2.48. The van der Waals surface area contributed by atoms with E-state index >= 15 is 0 Å². The highest BCUT2D eigenvalue weighted by atomic mass is 35.5. The molecule has 2 aromatic heterocycles. The van der Waals surface area contributed by atoms with Crippen molar-refractivity contribution < 1.29 is 9.21 Å². The summed E-state index contributed by atoms with van der Waals surface area (Å²) in [5.41, 5.74) is 2.53. The van der Waals surface area contributed by atoms with Crippen LogP contribution in [0.1, 0.15) is 0 Å². The summed E-state index contributed by atoms with van der Waals surface area (Å²) >= 11 is 9.12. The Bertz CT molecular complexity index is 1520. The molecular weight excluding hydrogens is 488 g/mol. The zero-order valence-electron chi connectivity index (χ0n) is 17.9. The Hall–Kier alpha value is -3.20. The summed E-state index contributed by atoms with van der Waals surface area (Å²) in [5, 5.41) is 10.8. The molecule has 0 N–H and O–H groups in total. The average molecular weight is 505 g/mol. The molecular formula is C25H17ClN4O2S2. The minimum Gasteiger partial charge on any atom is -0.453 e. The van der Waals surface area contributed by atoms with Crippen LogP contribution in [-0.4, -0.2) is 26.4 Å². The molecule has 168 valence electrons. The van der Waals surface area contributed by atoms with Gasteiger partial charge in [0.15, 0.2) is 16.7 Å². The molecule has 3 heterocycles. The third-order valence-corrected chi connectivity index (χ3v) is 7.91. The predicted octanol–water partition coefficient (Wildman–Crippen LogP) is 6.80. The number of carbonyl (C=O) groups is 1. The molecule has 0 radical (unpaired) electrons. The monoisotopic (exact) mass is 504 g/mol. The van der Waals surface area contributed by atoms with Crippen molar-refractivity contribution in [3.8, 4) is 11.6 Å². The first-order valence-electron chi connectivity index (χ1n) is 10.5. The number of hydrogen-bond acceptors (Lipinski definition) is 6. The number of halogens is 1. The van der Waals surface area contributed by atoms with E-state index in [4.69, 9.17) is 16.0 Å². The molecule has 34 heavy (non-hydrogen) atoms. The molecule has 5 aromatic rings. The van der Waals surface area contributed by atoms with Crippen LogP contribution < -0.4 is 4.90 Å². The van der Waals surface area contributed by atoms with Crippen LogP contribution in [0.25, 0.3) is 22.6 Å². The lowest BCUT2D eigenvalue weighted by molar-refractivity contribution is -0.115. The van der Waals surface area contributed by atoms with Gasteiger partial charge in [-0.1, -0.05) is 59.4 Å². The summed E-state index contributed by atoms with van der Waals surface area (Å²) < 4.78 is 7.77. The van der Waals surface area contributed by atoms with Crippen molar-refractivity contribution >= 4 is 63.4 Å². The Kier molecular flexibility index (Phi) is 5.36. The molecule has 0 spiro atoms. The first-order chi connectivity index (χ1) is 16.6. The number of nitrogens with zero attached hydrogens (tertiary/aromatic N) is 4. The van der Waals surface area contributed by atoms with Crippen molar-refractivity contribution in [3.05, 3.63) is 77.8 Å². The topological polar surface area (TPSA) is 64.2 Å². The van der Waals surface area contributed by atoms with Gasteiger partial charge in [-0.05, 0) is 48.5 Å². The van der Waals surface area contributed by atoms with E-state index in [0.717, 1.165) is 32.1 Å². The summed E-state index contributed by atoms with van der Waals surface area (Å²) in [6.45, 7) is 0. The maximum Gasteiger partial charge on any atom is 0.242 e. The molecule has 0 bridgehead atoms. The van der Waals surface area contributed by atoms with Crippen LogP contribution in [0.3, 0.4) is 0 Å². The van der Waals surface area contributed by atoms with Crippen LogP contribution in [-0.2, 0) is 11.8 Å². The molecule has 0 saturated carbocycles. The van der Waals surface area contributed by atoms with E-state index in [1.807, 2.05) is 78.3 Å². The fraction of sp³-hybridized carbons (Fsp3) is 0.0800. The van der Waals surface area contributed by atoms with Gasteiger partial charge in [0.25, 0.3) is 0 Å². The third-order valence-electron chi connectivity index (χ3n) is 5.54. The third kappa shape index (κ3) is 3.68. The normalized spacial score (nSPS) is 12.6. The smallest absolute Gasteiger partial charge is 0.242 e. The Labute approximate surface area is 208 Å². The second-order valence-electron chi connectivity index (χ2n) is 7.71. The van der Waals surface area contributed by atoms with E-state index in [1.165, 1.54) is 11.8 Å². The van der Waals surface area contributed by atoms with Gasteiger partial charge in [-0.3, -0.25) is 9.69 Å². The second kappa shape index (κ2) is 8.54. The number of hydrogen-bond donors (Lipinski definition) is 0. The maximum atomic E-state index is 13.4. The van der Waals surface area contributed by atoms with Crippen molar-refractivity contribution in [2.75, 3.05) is 10.7 Å². The molecule has 6 nitrogen and oxygen atoms in total. The minimum absolute atomic E-state index is 0.0203. The van der Waals surface area contributed by atoms with Gasteiger partial charge in [-0.15, -0.1) is 10.2 Å². The molecule has 0 unspecified atom stereocenters. The highest BCUT2D eigenvalue weighted by Gasteiger charge is 2.28. The van der Waals surface area contributed by atoms with Crippen LogP contribution in [0, 0.1) is 0 Å². The number of benzene rings is 3. The summed E-state index contributed by atoms with van der Waals surface area (Å²) in [6.07, 6.45) is 0. The quantitative estimate of drug-likeness (QED) is 0.251. The number of anilines is 2. The van der Waals surface area contributed by atoms with E-state index in [2.05, 4.69) is 10.2 Å². The molecule has 3 aromatic carbocycles. The molecule has 0 saturated heterocycles. The molecule has 0 aliphatic carbocycles. The second-order valence-corrected chi connectivity index (χ2v) is 10.2. The fourth-order valence-electron chi connectivity index (χ4n) is 3.94. The van der Waals surface area contributed by atoms with E-state index < -0.39 is 0 Å². The lowest BCUT2D eigenvalue weighted by atomic mass is 10.2. The molecule has 9 heteroatoms. The van der Waals surface area contributed by atoms with Crippen LogP contribution >= 0.6 is 35.1 Å². The lowest BCUT2D eigenvalue weighted by Crippen LogP contribution is -2.30. The number of rotatable bonds is 4. The number of carbonyl (C=O) groups excluding carboxylic acids is 1. The number of para-hydroxylation sites is 2. The van der Waals surface area contributed by atoms with Crippen molar-refractivity contribution in [2.24, 2.45) is 7.05 Å². The standard InChI is InChI=1S/C25H17ClN4O2S2/c1-29-24(20-13-15-12-16(26)10-11-19(15)32-20)27-28-25(29)33-14-23(31)30-17-6-2-4-8-21(17)34-22-9-5-3-7-18(22)30/h2-13H,14H2,1H3. The van der Waals surface area contributed by atoms with E-state index in [9.17, 15) is 4.79 Å². The number of fused-ring (bicyclic) bond motifs is 3. The zero-order valence-corrected chi connectivity index (χ0v) is 20.3. The molecule has 0 fully saturated rings. The Balaban J connectivity index is 1.26. The van der Waals surface area contributed by atoms with Gasteiger partial charge < -0.3 is 8.98 Å². The Morgan fingerprint density at radius 1 is 1.00 bits per heavy atom. The zero-order chi connectivity index (χ0) is 23.2. The summed E-state index contributed by atoms with van der Waals surface area (Å²) in [5.74, 6) is 1.39. The Morgan fingerprint density at radius 3 is 2.44 bits per heavy atom. The van der Waals surface area contributed by atoms with E-state index in [-0.39, 0.29) is 11.7 Å². The number of furan rings is 1. The van der Waals surface area contributed by atoms with Gasteiger partial charge in [0, 0.05) is 27.2 Å². The van der Waals surface area contributed by atoms with Crippen LogP contribution in [0.2, 0.25) is 5.02 Å². The van der Waals surface area contributed by atoms with Crippen molar-refractivity contribution in [2.45, 2.75) is 14.9 Å². The van der Waals surface area contributed by atoms with Gasteiger partial charge in [0.2, 0.25) is 5.91 Å². The molecule has 6 rings (SSSR count). The minimum atomic E-state index is -0.0203. The molecule has 1 aliphatic rings. The molecule has 1 aliphatic heterocycles. The van der Waals surface area contributed by atoms with E-state index in [1.54, 1.807) is 22.7 Å². The number of aromatic nitrogens is 3. The van der Waals surface area contributed by atoms with Gasteiger partial charge in [0.05, 0.1) is 17.1 Å². The van der Waals surface area contributed by atoms with Gasteiger partial charge in [-0.25, -0.2) is 0 Å². The van der Waals surface area contributed by atoms with Crippen molar-refractivity contribution in [1.29, 1.82) is 0 Å². The predicted molar refractivity (Wildman–Crippen MR) is 136 cm³/mol. The van der Waals surface area contributed by atoms with E-state index in [0.29, 0.717) is 21.8 Å². The van der Waals surface area contributed by atoms with Crippen LogP contribution in [0.15, 0.2) is 92.2 Å². The molecule has 1 amide bonds. The Morgan fingerprint density at radius 2 is 1.71 bits per heavy atom. The van der Waals surface area contributed by atoms with Gasteiger partial charge >= 0.3 is 0 Å². The summed E-state index contributed by atoms with van der Waals surface area (Å²) in [6, 6.07) is 23.3. The molecule has 0 atom stereocenters. The van der Waals surface area contributed by atoms with Crippen LogP contribution in [0.5, 0.6) is 0 Å². The van der Waals surface area contributed by atoms with Crippen molar-refractivity contribution in [1.82, 2.24) is 14.8 Å². The first-order valence-corrected chi connectivity index (χ1v) is 12.7. The SMILES string of the molecule is Cn1c(SCC(=O)N2c3ccccc3Sc3ccccc32)nnc1-c1cc2cc(Cl)ccc2o1. The van der Waals surface area contributed by atoms with Gasteiger partial charge in [-0.2, -0.15) is 0 Å². The largest absolute Gasteiger partial charge is 0.453 e. The number of thioether (sulfide) groups is 1. The average Bonchev–Trinajstić information content (AvgIpc) is 3.43. The number of amides is 1. The first kappa shape index (κ1) is 21.3. The highest BCUT2D eigenvalue weighted by molar-refractivity contribution is 8.00. The maximum absolute atomic E-state index is 13.4. The van der Waals surface area contributed by atoms with Crippen LogP contribution in [0.4, 0.5) is 11.4 Å².